The molecule has 3 rings (SSSR count). The van der Waals surface area contributed by atoms with E-state index in [9.17, 15) is 0 Å². The molecule has 2 unspecified atom stereocenters. The minimum atomic E-state index is -0.0661. The zero-order chi connectivity index (χ0) is 13.9. The summed E-state index contributed by atoms with van der Waals surface area (Å²) < 4.78 is 7.08. The summed E-state index contributed by atoms with van der Waals surface area (Å²) in [7, 11) is 0. The third-order valence-corrected chi connectivity index (χ3v) is 5.09. The maximum absolute atomic E-state index is 6.29. The Bertz CT molecular complexity index is 583. The van der Waals surface area contributed by atoms with Crippen molar-refractivity contribution in [1.29, 1.82) is 0 Å². The molecule has 0 aliphatic heterocycles. The second-order valence-corrected chi connectivity index (χ2v) is 6.83. The van der Waals surface area contributed by atoms with E-state index in [0.29, 0.717) is 6.54 Å². The van der Waals surface area contributed by atoms with Crippen molar-refractivity contribution in [3.8, 4) is 0 Å². The third-order valence-electron chi connectivity index (χ3n) is 3.77. The zero-order valence-electron chi connectivity index (χ0n) is 11.2. The fourth-order valence-corrected chi connectivity index (χ4v) is 3.90. The minimum Gasteiger partial charge on any atom is -0.363 e. The van der Waals surface area contributed by atoms with Gasteiger partial charge in [-0.15, -0.1) is 11.3 Å². The van der Waals surface area contributed by atoms with Gasteiger partial charge < -0.3 is 10.5 Å². The Balaban J connectivity index is 1.80. The number of hydrogen-bond donors (Lipinski definition) is 1. The van der Waals surface area contributed by atoms with Crippen LogP contribution < -0.4 is 5.73 Å². The molecule has 20 heavy (non-hydrogen) atoms. The number of rotatable bonds is 4. The first-order valence-electron chi connectivity index (χ1n) is 6.96. The Labute approximate surface area is 128 Å². The molecule has 0 bridgehead atoms. The highest BCUT2D eigenvalue weighted by Crippen LogP contribution is 2.37. The summed E-state index contributed by atoms with van der Waals surface area (Å²) in [4.78, 5) is 1.11. The van der Waals surface area contributed by atoms with Crippen LogP contribution >= 0.6 is 22.9 Å². The van der Waals surface area contributed by atoms with Gasteiger partial charge in [0.1, 0.15) is 6.10 Å². The first-order valence-corrected chi connectivity index (χ1v) is 8.16. The molecular formula is C16H18ClNOS. The Hall–Kier alpha value is -0.870. The van der Waals surface area contributed by atoms with Crippen LogP contribution in [0.4, 0.5) is 0 Å². The molecule has 0 amide bonds. The van der Waals surface area contributed by atoms with Gasteiger partial charge in [-0.25, -0.2) is 0 Å². The van der Waals surface area contributed by atoms with Gasteiger partial charge in [-0.05, 0) is 42.5 Å². The van der Waals surface area contributed by atoms with Gasteiger partial charge in [-0.2, -0.15) is 0 Å². The van der Waals surface area contributed by atoms with Crippen molar-refractivity contribution in [2.24, 2.45) is 5.73 Å². The average Bonchev–Trinajstić information content (AvgIpc) is 2.91. The van der Waals surface area contributed by atoms with Crippen LogP contribution in [0, 0.1) is 0 Å². The van der Waals surface area contributed by atoms with Crippen LogP contribution in [0.5, 0.6) is 0 Å². The summed E-state index contributed by atoms with van der Waals surface area (Å²) >= 11 is 7.56. The number of aryl methyl sites for hydroxylation is 1. The van der Waals surface area contributed by atoms with Crippen molar-refractivity contribution in [1.82, 2.24) is 0 Å². The average molecular weight is 308 g/mol. The summed E-state index contributed by atoms with van der Waals surface area (Å²) in [6, 6.07) is 12.5. The molecule has 0 saturated heterocycles. The normalized spacial score (nSPS) is 19.6. The van der Waals surface area contributed by atoms with Gasteiger partial charge in [0.05, 0.1) is 10.4 Å². The van der Waals surface area contributed by atoms with E-state index < -0.39 is 0 Å². The lowest BCUT2D eigenvalue weighted by molar-refractivity contribution is -0.0173. The van der Waals surface area contributed by atoms with E-state index in [1.807, 2.05) is 12.1 Å². The second kappa shape index (κ2) is 6.27. The quantitative estimate of drug-likeness (QED) is 0.903. The Morgan fingerprint density at radius 2 is 2.15 bits per heavy atom. The topological polar surface area (TPSA) is 35.2 Å². The summed E-state index contributed by atoms with van der Waals surface area (Å²) in [5.74, 6) is 0. The Morgan fingerprint density at radius 3 is 2.90 bits per heavy atom. The largest absolute Gasteiger partial charge is 0.363 e. The lowest BCUT2D eigenvalue weighted by Crippen LogP contribution is -2.20. The maximum atomic E-state index is 6.29. The summed E-state index contributed by atoms with van der Waals surface area (Å²) in [5, 5.41) is 0. The van der Waals surface area contributed by atoms with Gasteiger partial charge >= 0.3 is 0 Å². The van der Waals surface area contributed by atoms with Crippen LogP contribution in [0.3, 0.4) is 0 Å². The predicted octanol–water partition coefficient (Wildman–Crippen LogP) is 4.50. The van der Waals surface area contributed by atoms with Crippen LogP contribution in [-0.4, -0.2) is 6.54 Å². The fraction of sp³-hybridized carbons (Fsp3) is 0.375. The number of halogens is 1. The first kappa shape index (κ1) is 14.1. The number of nitrogens with two attached hydrogens (primary N) is 1. The molecule has 1 heterocycles. The van der Waals surface area contributed by atoms with Crippen LogP contribution in [0.2, 0.25) is 4.34 Å². The summed E-state index contributed by atoms with van der Waals surface area (Å²) in [5.41, 5.74) is 8.62. The van der Waals surface area contributed by atoms with Crippen LogP contribution in [-0.2, 0) is 11.2 Å². The van der Waals surface area contributed by atoms with Gasteiger partial charge in [0, 0.05) is 11.4 Å². The SMILES string of the molecule is NCC(OC1CCCc2ccccc21)c1ccc(Cl)s1. The molecule has 2 atom stereocenters. The number of hydrogen-bond acceptors (Lipinski definition) is 3. The molecule has 2 aromatic rings. The van der Waals surface area contributed by atoms with E-state index in [1.54, 1.807) is 11.3 Å². The molecule has 4 heteroatoms. The molecule has 2 nitrogen and oxygen atoms in total. The smallest absolute Gasteiger partial charge is 0.105 e. The lowest BCUT2D eigenvalue weighted by Gasteiger charge is -2.29. The Kier molecular flexibility index (Phi) is 4.41. The van der Waals surface area contributed by atoms with Crippen molar-refractivity contribution < 1.29 is 4.74 Å². The predicted molar refractivity (Wildman–Crippen MR) is 84.3 cm³/mol. The summed E-state index contributed by atoms with van der Waals surface area (Å²) in [6.07, 6.45) is 3.46. The standard InChI is InChI=1S/C16H18ClNOS/c17-16-9-8-15(20-16)14(10-18)19-13-7-3-5-11-4-1-2-6-12(11)13/h1-2,4,6,8-9,13-14H,3,5,7,10,18H2. The van der Waals surface area contributed by atoms with E-state index in [-0.39, 0.29) is 12.2 Å². The molecule has 0 spiro atoms. The highest BCUT2D eigenvalue weighted by Gasteiger charge is 2.24. The van der Waals surface area contributed by atoms with Gasteiger partial charge in [0.25, 0.3) is 0 Å². The zero-order valence-corrected chi connectivity index (χ0v) is 12.8. The van der Waals surface area contributed by atoms with E-state index in [1.165, 1.54) is 17.5 Å². The molecule has 0 fully saturated rings. The molecule has 1 aromatic carbocycles. The molecule has 0 radical (unpaired) electrons. The highest BCUT2D eigenvalue weighted by molar-refractivity contribution is 7.16. The number of benzene rings is 1. The second-order valence-electron chi connectivity index (χ2n) is 5.08. The highest BCUT2D eigenvalue weighted by atomic mass is 35.5. The molecule has 1 aromatic heterocycles. The van der Waals surface area contributed by atoms with Crippen LogP contribution in [0.25, 0.3) is 0 Å². The van der Waals surface area contributed by atoms with Gasteiger partial charge in [-0.1, -0.05) is 35.9 Å². The van der Waals surface area contributed by atoms with E-state index in [2.05, 4.69) is 24.3 Å². The molecular weight excluding hydrogens is 290 g/mol. The number of ether oxygens (including phenoxy) is 1. The molecule has 1 aliphatic carbocycles. The van der Waals surface area contributed by atoms with Crippen molar-refractivity contribution in [3.05, 3.63) is 56.7 Å². The third kappa shape index (κ3) is 2.91. The maximum Gasteiger partial charge on any atom is 0.105 e. The first-order chi connectivity index (χ1) is 9.78. The van der Waals surface area contributed by atoms with Crippen molar-refractivity contribution in [2.45, 2.75) is 31.5 Å². The van der Waals surface area contributed by atoms with Crippen molar-refractivity contribution in [3.63, 3.8) is 0 Å². The van der Waals surface area contributed by atoms with E-state index in [4.69, 9.17) is 22.1 Å². The summed E-state index contributed by atoms with van der Waals surface area (Å²) in [6.45, 7) is 0.482. The van der Waals surface area contributed by atoms with Crippen LogP contribution in [0.1, 0.15) is 41.1 Å². The molecule has 106 valence electrons. The van der Waals surface area contributed by atoms with E-state index >= 15 is 0 Å². The van der Waals surface area contributed by atoms with Crippen molar-refractivity contribution in [2.75, 3.05) is 6.54 Å². The van der Waals surface area contributed by atoms with Gasteiger partial charge in [-0.3, -0.25) is 0 Å². The Morgan fingerprint density at radius 1 is 1.30 bits per heavy atom. The number of fused-ring (bicyclic) bond motifs is 1. The molecule has 1 aliphatic rings. The lowest BCUT2D eigenvalue weighted by atomic mass is 9.89. The van der Waals surface area contributed by atoms with Crippen molar-refractivity contribution >= 4 is 22.9 Å². The van der Waals surface area contributed by atoms with E-state index in [0.717, 1.165) is 22.1 Å². The fourth-order valence-electron chi connectivity index (χ4n) is 2.79. The molecule has 2 N–H and O–H groups in total. The number of thiophene rings is 1. The van der Waals surface area contributed by atoms with Gasteiger partial charge in [0.2, 0.25) is 0 Å². The van der Waals surface area contributed by atoms with Gasteiger partial charge in [0.15, 0.2) is 0 Å². The molecule has 0 saturated carbocycles. The minimum absolute atomic E-state index is 0.0661. The van der Waals surface area contributed by atoms with Crippen LogP contribution in [0.15, 0.2) is 36.4 Å². The monoisotopic (exact) mass is 307 g/mol.